The Labute approximate surface area is 177 Å². The summed E-state index contributed by atoms with van der Waals surface area (Å²) in [5, 5.41) is 2.57. The number of hydrogen-bond donors (Lipinski definition) is 1. The first kappa shape index (κ1) is 20.5. The second-order valence-electron chi connectivity index (χ2n) is 7.05. The number of amides is 1. The molecule has 0 bridgehead atoms. The zero-order valence-corrected chi connectivity index (χ0v) is 16.4. The molecule has 156 valence electrons. The van der Waals surface area contributed by atoms with E-state index in [9.17, 15) is 18.0 Å². The third-order valence-electron chi connectivity index (χ3n) is 5.08. The maximum Gasteiger partial charge on any atom is 0.407 e. The van der Waals surface area contributed by atoms with E-state index in [-0.39, 0.29) is 31.1 Å². The number of alkyl carbamates (subject to hydrolysis) is 1. The van der Waals surface area contributed by atoms with Crippen LogP contribution in [0.3, 0.4) is 0 Å². The second kappa shape index (κ2) is 8.97. The Bertz CT molecular complexity index is 1150. The van der Waals surface area contributed by atoms with E-state index in [1.807, 2.05) is 36.4 Å². The number of benzene rings is 3. The summed E-state index contributed by atoms with van der Waals surface area (Å²) in [6, 6.07) is 17.3. The second-order valence-corrected chi connectivity index (χ2v) is 7.05. The summed E-state index contributed by atoms with van der Waals surface area (Å²) in [6.07, 6.45) is -0.423. The van der Waals surface area contributed by atoms with Gasteiger partial charge >= 0.3 is 6.09 Å². The van der Waals surface area contributed by atoms with Crippen LogP contribution in [0, 0.1) is 29.3 Å². The van der Waals surface area contributed by atoms with Crippen LogP contribution < -0.4 is 5.32 Å². The highest BCUT2D eigenvalue weighted by Gasteiger charge is 2.28. The lowest BCUT2D eigenvalue weighted by Crippen LogP contribution is -2.26. The first-order chi connectivity index (χ1) is 15.0. The Hall–Kier alpha value is -3.72. The molecular formula is C25H18F3NO2. The van der Waals surface area contributed by atoms with Crippen molar-refractivity contribution in [1.29, 1.82) is 0 Å². The van der Waals surface area contributed by atoms with Crippen molar-refractivity contribution in [2.45, 2.75) is 12.3 Å². The number of hydrogen-bond acceptors (Lipinski definition) is 2. The van der Waals surface area contributed by atoms with E-state index in [0.29, 0.717) is 6.07 Å². The molecule has 0 fully saturated rings. The van der Waals surface area contributed by atoms with Crippen LogP contribution in [0.15, 0.2) is 60.7 Å². The fourth-order valence-electron chi connectivity index (χ4n) is 3.68. The Kier molecular flexibility index (Phi) is 5.94. The molecule has 1 amide bonds. The van der Waals surface area contributed by atoms with Crippen molar-refractivity contribution in [3.63, 3.8) is 0 Å². The van der Waals surface area contributed by atoms with Gasteiger partial charge in [0.15, 0.2) is 11.6 Å². The van der Waals surface area contributed by atoms with Gasteiger partial charge in [0.1, 0.15) is 12.4 Å². The molecule has 3 nitrogen and oxygen atoms in total. The van der Waals surface area contributed by atoms with E-state index in [1.165, 1.54) is 0 Å². The standard InChI is InChI=1S/C25H18F3NO2/c26-17-13-16(24(28)23(27)14-17)7-5-6-12-29-25(30)31-15-22-20-10-3-1-8-18(20)19-9-2-4-11-21(19)22/h1-4,8-11,13-14,22H,6,12,15H2,(H,29,30). The van der Waals surface area contributed by atoms with E-state index >= 15 is 0 Å². The van der Waals surface area contributed by atoms with Gasteiger partial charge < -0.3 is 10.1 Å². The van der Waals surface area contributed by atoms with Crippen LogP contribution in [-0.2, 0) is 4.74 Å². The third kappa shape index (κ3) is 4.41. The fourth-order valence-corrected chi connectivity index (χ4v) is 3.68. The summed E-state index contributed by atoms with van der Waals surface area (Å²) in [4.78, 5) is 12.1. The molecule has 4 rings (SSSR count). The Morgan fingerprint density at radius 1 is 0.968 bits per heavy atom. The minimum absolute atomic E-state index is 0.0382. The summed E-state index contributed by atoms with van der Waals surface area (Å²) in [7, 11) is 0. The Balaban J connectivity index is 1.30. The summed E-state index contributed by atoms with van der Waals surface area (Å²) < 4.78 is 45.2. The molecule has 3 aromatic rings. The van der Waals surface area contributed by atoms with Gasteiger partial charge in [-0.1, -0.05) is 60.4 Å². The predicted octanol–water partition coefficient (Wildman–Crippen LogP) is 5.38. The van der Waals surface area contributed by atoms with Gasteiger partial charge in [-0.2, -0.15) is 0 Å². The number of carbonyl (C=O) groups is 1. The van der Waals surface area contributed by atoms with Crippen LogP contribution >= 0.6 is 0 Å². The zero-order valence-electron chi connectivity index (χ0n) is 16.4. The average molecular weight is 421 g/mol. The maximum atomic E-state index is 13.5. The van der Waals surface area contributed by atoms with Crippen LogP contribution in [0.2, 0.25) is 0 Å². The molecule has 6 heteroatoms. The van der Waals surface area contributed by atoms with Gasteiger partial charge in [0.2, 0.25) is 0 Å². The molecule has 3 aromatic carbocycles. The first-order valence-electron chi connectivity index (χ1n) is 9.77. The summed E-state index contributed by atoms with van der Waals surface area (Å²) in [6.45, 7) is 0.350. The van der Waals surface area contributed by atoms with Crippen LogP contribution in [-0.4, -0.2) is 19.2 Å². The third-order valence-corrected chi connectivity index (χ3v) is 5.08. The quantitative estimate of drug-likeness (QED) is 0.349. The van der Waals surface area contributed by atoms with Gasteiger partial charge in [0.05, 0.1) is 5.56 Å². The normalized spacial score (nSPS) is 11.8. The van der Waals surface area contributed by atoms with E-state index in [1.54, 1.807) is 0 Å². The lowest BCUT2D eigenvalue weighted by atomic mass is 9.98. The predicted molar refractivity (Wildman–Crippen MR) is 111 cm³/mol. The summed E-state index contributed by atoms with van der Waals surface area (Å²) in [5.74, 6) is 1.52. The molecule has 0 saturated heterocycles. The minimum atomic E-state index is -1.29. The molecule has 0 unspecified atom stereocenters. The number of halogens is 3. The average Bonchev–Trinajstić information content (AvgIpc) is 3.09. The minimum Gasteiger partial charge on any atom is -0.449 e. The Morgan fingerprint density at radius 2 is 1.61 bits per heavy atom. The molecule has 0 atom stereocenters. The van der Waals surface area contributed by atoms with Crippen molar-refractivity contribution in [3.8, 4) is 23.0 Å². The van der Waals surface area contributed by atoms with Crippen molar-refractivity contribution in [3.05, 3.63) is 94.8 Å². The molecule has 0 aliphatic heterocycles. The molecule has 0 spiro atoms. The van der Waals surface area contributed by atoms with Crippen LogP contribution in [0.1, 0.15) is 29.0 Å². The van der Waals surface area contributed by atoms with Crippen molar-refractivity contribution < 1.29 is 22.7 Å². The van der Waals surface area contributed by atoms with E-state index in [2.05, 4.69) is 29.3 Å². The highest BCUT2D eigenvalue weighted by atomic mass is 19.2. The van der Waals surface area contributed by atoms with Crippen LogP contribution in [0.4, 0.5) is 18.0 Å². The van der Waals surface area contributed by atoms with E-state index < -0.39 is 23.5 Å². The summed E-state index contributed by atoms with van der Waals surface area (Å²) in [5.41, 5.74) is 4.16. The molecule has 0 aromatic heterocycles. The monoisotopic (exact) mass is 421 g/mol. The smallest absolute Gasteiger partial charge is 0.407 e. The molecular weight excluding hydrogens is 403 g/mol. The first-order valence-corrected chi connectivity index (χ1v) is 9.77. The van der Waals surface area contributed by atoms with Crippen molar-refractivity contribution in [1.82, 2.24) is 5.32 Å². The van der Waals surface area contributed by atoms with Crippen molar-refractivity contribution >= 4 is 6.09 Å². The topological polar surface area (TPSA) is 38.3 Å². The van der Waals surface area contributed by atoms with Gasteiger partial charge in [-0.25, -0.2) is 18.0 Å². The molecule has 0 radical (unpaired) electrons. The number of nitrogens with one attached hydrogen (secondary N) is 1. The van der Waals surface area contributed by atoms with Crippen LogP contribution in [0.5, 0.6) is 0 Å². The molecule has 31 heavy (non-hydrogen) atoms. The molecule has 1 N–H and O–H groups in total. The molecule has 1 aliphatic rings. The van der Waals surface area contributed by atoms with Gasteiger partial charge in [-0.05, 0) is 28.3 Å². The van der Waals surface area contributed by atoms with E-state index in [4.69, 9.17) is 4.74 Å². The SMILES string of the molecule is O=C(NCCC#Cc1cc(F)cc(F)c1F)OCC1c2ccccc2-c2ccccc21. The highest BCUT2D eigenvalue weighted by Crippen LogP contribution is 2.44. The number of carbonyl (C=O) groups excluding carboxylic acids is 1. The lowest BCUT2D eigenvalue weighted by Gasteiger charge is -2.14. The molecule has 0 heterocycles. The number of rotatable bonds is 4. The largest absolute Gasteiger partial charge is 0.449 e. The highest BCUT2D eigenvalue weighted by molar-refractivity contribution is 5.79. The van der Waals surface area contributed by atoms with Gasteiger partial charge in [0.25, 0.3) is 0 Å². The van der Waals surface area contributed by atoms with Gasteiger partial charge in [-0.15, -0.1) is 0 Å². The fraction of sp³-hybridized carbons (Fsp3) is 0.160. The zero-order chi connectivity index (χ0) is 21.8. The molecule has 1 aliphatic carbocycles. The van der Waals surface area contributed by atoms with Crippen molar-refractivity contribution in [2.24, 2.45) is 0 Å². The molecule has 0 saturated carbocycles. The Morgan fingerprint density at radius 3 is 2.29 bits per heavy atom. The lowest BCUT2D eigenvalue weighted by molar-refractivity contribution is 0.143. The van der Waals surface area contributed by atoms with Crippen molar-refractivity contribution in [2.75, 3.05) is 13.2 Å². The van der Waals surface area contributed by atoms with Crippen LogP contribution in [0.25, 0.3) is 11.1 Å². The number of ether oxygens (including phenoxy) is 1. The number of fused-ring (bicyclic) bond motifs is 3. The maximum absolute atomic E-state index is 13.5. The van der Waals surface area contributed by atoms with Gasteiger partial charge in [0, 0.05) is 24.9 Å². The van der Waals surface area contributed by atoms with E-state index in [0.717, 1.165) is 28.3 Å². The summed E-state index contributed by atoms with van der Waals surface area (Å²) >= 11 is 0. The van der Waals surface area contributed by atoms with Gasteiger partial charge in [-0.3, -0.25) is 0 Å².